The molecule has 1 aliphatic rings. The number of terminal acetylenes is 1. The number of rotatable bonds is 5. The smallest absolute Gasteiger partial charge is 0.0646 e. The van der Waals surface area contributed by atoms with Gasteiger partial charge in [-0.1, -0.05) is 19.3 Å². The Balaban J connectivity index is 2.07. The maximum atomic E-state index is 6.21. The summed E-state index contributed by atoms with van der Waals surface area (Å²) in [5, 5.41) is 0. The lowest BCUT2D eigenvalue weighted by Crippen LogP contribution is -2.46. The van der Waals surface area contributed by atoms with Crippen molar-refractivity contribution in [3.63, 3.8) is 0 Å². The Kier molecular flexibility index (Phi) is 5.00. The molecule has 0 amide bonds. The lowest BCUT2D eigenvalue weighted by Gasteiger charge is -2.32. The van der Waals surface area contributed by atoms with Crippen molar-refractivity contribution in [1.82, 2.24) is 0 Å². The van der Waals surface area contributed by atoms with Crippen molar-refractivity contribution >= 4 is 0 Å². The van der Waals surface area contributed by atoms with E-state index < -0.39 is 0 Å². The van der Waals surface area contributed by atoms with Crippen molar-refractivity contribution in [2.75, 3.05) is 13.2 Å². The third-order valence-electron chi connectivity index (χ3n) is 2.85. The summed E-state index contributed by atoms with van der Waals surface area (Å²) in [5.41, 5.74) is 6.16. The number of nitrogens with two attached hydrogens (primary N) is 1. The summed E-state index contributed by atoms with van der Waals surface area (Å²) in [7, 11) is 0. The predicted molar refractivity (Wildman–Crippen MR) is 58.9 cm³/mol. The van der Waals surface area contributed by atoms with Gasteiger partial charge in [-0.15, -0.1) is 12.3 Å². The largest absolute Gasteiger partial charge is 0.380 e. The third kappa shape index (κ3) is 4.13. The number of hydrogen-bond donors (Lipinski definition) is 1. The molecule has 1 saturated carbocycles. The van der Waals surface area contributed by atoms with Gasteiger partial charge in [0.1, 0.15) is 0 Å². The molecule has 0 bridgehead atoms. The summed E-state index contributed by atoms with van der Waals surface area (Å²) < 4.78 is 5.56. The van der Waals surface area contributed by atoms with Gasteiger partial charge in [0.25, 0.3) is 0 Å². The van der Waals surface area contributed by atoms with Crippen LogP contribution in [0.1, 0.15) is 44.9 Å². The molecule has 0 aromatic carbocycles. The topological polar surface area (TPSA) is 35.2 Å². The molecule has 1 fully saturated rings. The van der Waals surface area contributed by atoms with Crippen LogP contribution >= 0.6 is 0 Å². The predicted octanol–water partition coefficient (Wildman–Crippen LogP) is 2.08. The molecule has 1 aliphatic carbocycles. The Morgan fingerprint density at radius 3 is 2.64 bits per heavy atom. The summed E-state index contributed by atoms with van der Waals surface area (Å²) in [4.78, 5) is 0. The zero-order valence-corrected chi connectivity index (χ0v) is 8.93. The molecule has 0 aromatic heterocycles. The molecule has 1 rings (SSSR count). The van der Waals surface area contributed by atoms with E-state index in [1.165, 1.54) is 19.3 Å². The molecule has 14 heavy (non-hydrogen) atoms. The fraction of sp³-hybridized carbons (Fsp3) is 0.833. The second-order valence-corrected chi connectivity index (χ2v) is 4.28. The van der Waals surface area contributed by atoms with E-state index in [9.17, 15) is 0 Å². The highest BCUT2D eigenvalue weighted by Gasteiger charge is 2.27. The van der Waals surface area contributed by atoms with Gasteiger partial charge in [-0.3, -0.25) is 0 Å². The highest BCUT2D eigenvalue weighted by Crippen LogP contribution is 2.25. The van der Waals surface area contributed by atoms with Crippen LogP contribution in [0, 0.1) is 12.3 Å². The molecule has 2 N–H and O–H groups in total. The molecular formula is C12H21NO. The molecule has 80 valence electrons. The van der Waals surface area contributed by atoms with Crippen molar-refractivity contribution in [3.05, 3.63) is 0 Å². The zero-order valence-electron chi connectivity index (χ0n) is 8.93. The Labute approximate surface area is 87.2 Å². The monoisotopic (exact) mass is 195 g/mol. The van der Waals surface area contributed by atoms with Crippen molar-refractivity contribution < 1.29 is 4.74 Å². The van der Waals surface area contributed by atoms with Crippen LogP contribution in [0.25, 0.3) is 0 Å². The summed E-state index contributed by atoms with van der Waals surface area (Å²) in [5.74, 6) is 2.60. The summed E-state index contributed by atoms with van der Waals surface area (Å²) in [6, 6.07) is 0. The first-order valence-electron chi connectivity index (χ1n) is 5.57. The average Bonchev–Trinajstić information content (AvgIpc) is 2.18. The minimum Gasteiger partial charge on any atom is -0.380 e. The molecule has 0 spiro atoms. The lowest BCUT2D eigenvalue weighted by atomic mass is 9.83. The maximum absolute atomic E-state index is 6.21. The molecule has 0 heterocycles. The van der Waals surface area contributed by atoms with Crippen LogP contribution in [0.4, 0.5) is 0 Å². The number of hydrogen-bond acceptors (Lipinski definition) is 2. The summed E-state index contributed by atoms with van der Waals surface area (Å²) in [6.07, 6.45) is 13.0. The molecular weight excluding hydrogens is 174 g/mol. The molecule has 0 radical (unpaired) electrons. The first kappa shape index (κ1) is 11.6. The van der Waals surface area contributed by atoms with Gasteiger partial charge in [-0.05, 0) is 19.3 Å². The summed E-state index contributed by atoms with van der Waals surface area (Å²) in [6.45, 7) is 1.46. The molecule has 0 aromatic rings. The van der Waals surface area contributed by atoms with E-state index in [2.05, 4.69) is 5.92 Å². The van der Waals surface area contributed by atoms with E-state index >= 15 is 0 Å². The van der Waals surface area contributed by atoms with Gasteiger partial charge in [0.15, 0.2) is 0 Å². The number of ether oxygens (including phenoxy) is 1. The van der Waals surface area contributed by atoms with E-state index in [4.69, 9.17) is 16.9 Å². The maximum Gasteiger partial charge on any atom is 0.0646 e. The first-order valence-corrected chi connectivity index (χ1v) is 5.57. The minimum atomic E-state index is -0.0472. The zero-order chi connectivity index (χ0) is 10.3. The second kappa shape index (κ2) is 6.06. The Morgan fingerprint density at radius 2 is 2.00 bits per heavy atom. The quantitative estimate of drug-likeness (QED) is 0.538. The van der Waals surface area contributed by atoms with Gasteiger partial charge in [0.2, 0.25) is 0 Å². The van der Waals surface area contributed by atoms with Gasteiger partial charge in [0, 0.05) is 18.6 Å². The van der Waals surface area contributed by atoms with Crippen LogP contribution < -0.4 is 5.73 Å². The van der Waals surface area contributed by atoms with Crippen molar-refractivity contribution in [1.29, 1.82) is 0 Å². The molecule has 0 atom stereocenters. The van der Waals surface area contributed by atoms with E-state index in [-0.39, 0.29) is 5.54 Å². The van der Waals surface area contributed by atoms with Gasteiger partial charge in [0.05, 0.1) is 6.61 Å². The van der Waals surface area contributed by atoms with E-state index in [1.807, 2.05) is 0 Å². The van der Waals surface area contributed by atoms with Crippen LogP contribution in [0.5, 0.6) is 0 Å². The van der Waals surface area contributed by atoms with Crippen LogP contribution in [0.2, 0.25) is 0 Å². The van der Waals surface area contributed by atoms with E-state index in [0.717, 1.165) is 32.3 Å². The van der Waals surface area contributed by atoms with Crippen molar-refractivity contribution in [2.45, 2.75) is 50.5 Å². The van der Waals surface area contributed by atoms with Crippen LogP contribution in [-0.4, -0.2) is 18.8 Å². The fourth-order valence-electron chi connectivity index (χ4n) is 1.95. The molecule has 0 aliphatic heterocycles. The minimum absolute atomic E-state index is 0.0472. The van der Waals surface area contributed by atoms with Gasteiger partial charge < -0.3 is 10.5 Å². The summed E-state index contributed by atoms with van der Waals surface area (Å²) >= 11 is 0. The highest BCUT2D eigenvalue weighted by atomic mass is 16.5. The van der Waals surface area contributed by atoms with Crippen LogP contribution in [0.3, 0.4) is 0 Å². The molecule has 0 unspecified atom stereocenters. The number of unbranched alkanes of at least 4 members (excludes halogenated alkanes) is 1. The highest BCUT2D eigenvalue weighted by molar-refractivity contribution is 4.87. The second-order valence-electron chi connectivity index (χ2n) is 4.28. The molecule has 0 saturated heterocycles. The normalized spacial score (nSPS) is 20.3. The van der Waals surface area contributed by atoms with Crippen LogP contribution in [-0.2, 0) is 4.74 Å². The average molecular weight is 195 g/mol. The first-order chi connectivity index (χ1) is 6.77. The van der Waals surface area contributed by atoms with Crippen molar-refractivity contribution in [2.24, 2.45) is 5.73 Å². The Morgan fingerprint density at radius 1 is 1.29 bits per heavy atom. The van der Waals surface area contributed by atoms with Gasteiger partial charge in [-0.2, -0.15) is 0 Å². The Hall–Kier alpha value is -0.520. The van der Waals surface area contributed by atoms with E-state index in [0.29, 0.717) is 6.61 Å². The third-order valence-corrected chi connectivity index (χ3v) is 2.85. The molecule has 2 heteroatoms. The fourth-order valence-corrected chi connectivity index (χ4v) is 1.95. The standard InChI is InChI=1S/C12H21NO/c1-2-3-7-10-14-11-12(13)8-5-4-6-9-12/h1H,3-11,13H2. The van der Waals surface area contributed by atoms with Gasteiger partial charge >= 0.3 is 0 Å². The molecule has 2 nitrogen and oxygen atoms in total. The van der Waals surface area contributed by atoms with E-state index in [1.54, 1.807) is 0 Å². The van der Waals surface area contributed by atoms with Gasteiger partial charge in [-0.25, -0.2) is 0 Å². The SMILES string of the molecule is C#CCCCOCC1(N)CCCCC1. The van der Waals surface area contributed by atoms with Crippen LogP contribution in [0.15, 0.2) is 0 Å². The lowest BCUT2D eigenvalue weighted by molar-refractivity contribution is 0.0671. The Bertz CT molecular complexity index is 189. The van der Waals surface area contributed by atoms with Crippen molar-refractivity contribution in [3.8, 4) is 12.3 Å².